The van der Waals surface area contributed by atoms with Crippen LogP contribution in [-0.4, -0.2) is 38.7 Å². The van der Waals surface area contributed by atoms with E-state index in [1.165, 1.54) is 14.2 Å². The minimum Gasteiger partial charge on any atom is -0.496 e. The highest BCUT2D eigenvalue weighted by Gasteiger charge is 2.16. The smallest absolute Gasteiger partial charge is 0.338 e. The summed E-state index contributed by atoms with van der Waals surface area (Å²) in [5, 5.41) is 2.81. The van der Waals surface area contributed by atoms with E-state index in [0.29, 0.717) is 11.5 Å². The van der Waals surface area contributed by atoms with Gasteiger partial charge in [-0.25, -0.2) is 4.79 Å². The molecule has 1 N–H and O–H groups in total. The van der Waals surface area contributed by atoms with Gasteiger partial charge in [-0.1, -0.05) is 13.8 Å². The molecule has 0 spiro atoms. The molecule has 23 heavy (non-hydrogen) atoms. The highest BCUT2D eigenvalue weighted by Crippen LogP contribution is 2.29. The van der Waals surface area contributed by atoms with Crippen LogP contribution in [-0.2, 0) is 9.53 Å². The van der Waals surface area contributed by atoms with Crippen molar-refractivity contribution in [2.75, 3.05) is 20.8 Å². The van der Waals surface area contributed by atoms with E-state index in [-0.39, 0.29) is 24.1 Å². The Balaban J connectivity index is 2.73. The van der Waals surface area contributed by atoms with Crippen molar-refractivity contribution in [3.8, 4) is 11.5 Å². The van der Waals surface area contributed by atoms with E-state index >= 15 is 0 Å². The first-order chi connectivity index (χ1) is 11.0. The van der Waals surface area contributed by atoms with E-state index in [1.807, 2.05) is 20.8 Å². The minimum atomic E-state index is -0.596. The topological polar surface area (TPSA) is 73.9 Å². The van der Waals surface area contributed by atoms with Crippen molar-refractivity contribution in [2.45, 2.75) is 39.7 Å². The summed E-state index contributed by atoms with van der Waals surface area (Å²) in [7, 11) is 3.03. The molecular formula is C17H25NO5. The Kier molecular flexibility index (Phi) is 7.38. The van der Waals surface area contributed by atoms with Gasteiger partial charge in [0.1, 0.15) is 11.5 Å². The summed E-state index contributed by atoms with van der Waals surface area (Å²) < 4.78 is 15.5. The number of ether oxygens (including phenoxy) is 3. The molecule has 128 valence electrons. The van der Waals surface area contributed by atoms with Gasteiger partial charge >= 0.3 is 5.97 Å². The lowest BCUT2D eigenvalue weighted by Gasteiger charge is -2.15. The van der Waals surface area contributed by atoms with E-state index in [1.54, 1.807) is 12.1 Å². The van der Waals surface area contributed by atoms with Gasteiger partial charge in [0.15, 0.2) is 6.61 Å². The van der Waals surface area contributed by atoms with E-state index in [4.69, 9.17) is 14.2 Å². The van der Waals surface area contributed by atoms with Crippen LogP contribution in [0.3, 0.4) is 0 Å². The standard InChI is InChI=1S/C17H25NO5/c1-6-13(7-2)18-16(19)10-23-17(20)12-8-14(21-4)11(3)15(9-12)22-5/h8-9,13H,6-7,10H2,1-5H3,(H,18,19). The van der Waals surface area contributed by atoms with Crippen molar-refractivity contribution in [1.82, 2.24) is 5.32 Å². The van der Waals surface area contributed by atoms with Crippen LogP contribution in [0.2, 0.25) is 0 Å². The highest BCUT2D eigenvalue weighted by atomic mass is 16.5. The lowest BCUT2D eigenvalue weighted by molar-refractivity contribution is -0.125. The predicted molar refractivity (Wildman–Crippen MR) is 87.1 cm³/mol. The lowest BCUT2D eigenvalue weighted by Crippen LogP contribution is -2.36. The molecule has 6 nitrogen and oxygen atoms in total. The fourth-order valence-corrected chi connectivity index (χ4v) is 2.18. The first-order valence-corrected chi connectivity index (χ1v) is 7.65. The molecule has 0 bridgehead atoms. The quantitative estimate of drug-likeness (QED) is 0.744. The van der Waals surface area contributed by atoms with Crippen LogP contribution in [0.1, 0.15) is 42.6 Å². The minimum absolute atomic E-state index is 0.0979. The van der Waals surface area contributed by atoms with Crippen LogP contribution >= 0.6 is 0 Å². The molecule has 0 atom stereocenters. The van der Waals surface area contributed by atoms with Crippen molar-refractivity contribution in [3.63, 3.8) is 0 Å². The summed E-state index contributed by atoms with van der Waals surface area (Å²) >= 11 is 0. The summed E-state index contributed by atoms with van der Waals surface area (Å²) in [6.07, 6.45) is 1.67. The molecular weight excluding hydrogens is 298 g/mol. The summed E-state index contributed by atoms with van der Waals surface area (Å²) in [4.78, 5) is 23.9. The maximum Gasteiger partial charge on any atom is 0.338 e. The Morgan fingerprint density at radius 3 is 2.04 bits per heavy atom. The number of carbonyl (C=O) groups is 2. The van der Waals surface area contributed by atoms with Gasteiger partial charge in [0.2, 0.25) is 0 Å². The van der Waals surface area contributed by atoms with Gasteiger partial charge in [0.25, 0.3) is 5.91 Å². The molecule has 0 aliphatic carbocycles. The fourth-order valence-electron chi connectivity index (χ4n) is 2.18. The SMILES string of the molecule is CCC(CC)NC(=O)COC(=O)c1cc(OC)c(C)c(OC)c1. The molecule has 1 rings (SSSR count). The zero-order valence-corrected chi connectivity index (χ0v) is 14.4. The summed E-state index contributed by atoms with van der Waals surface area (Å²) in [6.45, 7) is 5.50. The second kappa shape index (κ2) is 9.02. The molecule has 0 radical (unpaired) electrons. The van der Waals surface area contributed by atoms with Crippen molar-refractivity contribution in [3.05, 3.63) is 23.3 Å². The molecule has 0 fully saturated rings. The lowest BCUT2D eigenvalue weighted by atomic mass is 10.1. The largest absolute Gasteiger partial charge is 0.496 e. The number of hydrogen-bond acceptors (Lipinski definition) is 5. The third-order valence-corrected chi connectivity index (χ3v) is 3.67. The van der Waals surface area contributed by atoms with Crippen LogP contribution in [0.25, 0.3) is 0 Å². The third-order valence-electron chi connectivity index (χ3n) is 3.67. The average Bonchev–Trinajstić information content (AvgIpc) is 2.57. The van der Waals surface area contributed by atoms with Crippen LogP contribution in [0.4, 0.5) is 0 Å². The molecule has 0 heterocycles. The number of benzene rings is 1. The maximum atomic E-state index is 12.1. The molecule has 0 unspecified atom stereocenters. The van der Waals surface area contributed by atoms with E-state index < -0.39 is 5.97 Å². The normalized spacial score (nSPS) is 10.3. The van der Waals surface area contributed by atoms with E-state index in [2.05, 4.69) is 5.32 Å². The number of carbonyl (C=O) groups excluding carboxylic acids is 2. The number of rotatable bonds is 8. The second-order valence-electron chi connectivity index (χ2n) is 5.16. The van der Waals surface area contributed by atoms with Crippen LogP contribution in [0, 0.1) is 6.92 Å². The number of esters is 1. The number of amides is 1. The van der Waals surface area contributed by atoms with E-state index in [0.717, 1.165) is 18.4 Å². The number of nitrogens with one attached hydrogen (secondary N) is 1. The summed E-state index contributed by atoms with van der Waals surface area (Å²) in [5.74, 6) is 0.148. The van der Waals surface area contributed by atoms with Gasteiger partial charge in [-0.15, -0.1) is 0 Å². The third kappa shape index (κ3) is 5.16. The Morgan fingerprint density at radius 2 is 1.61 bits per heavy atom. The molecule has 1 amide bonds. The van der Waals surface area contributed by atoms with Crippen molar-refractivity contribution < 1.29 is 23.8 Å². The Morgan fingerprint density at radius 1 is 1.09 bits per heavy atom. The molecule has 0 saturated carbocycles. The molecule has 1 aromatic rings. The zero-order valence-electron chi connectivity index (χ0n) is 14.4. The molecule has 1 aromatic carbocycles. The van der Waals surface area contributed by atoms with Crippen LogP contribution < -0.4 is 14.8 Å². The van der Waals surface area contributed by atoms with Crippen molar-refractivity contribution in [1.29, 1.82) is 0 Å². The van der Waals surface area contributed by atoms with Crippen molar-refractivity contribution >= 4 is 11.9 Å². The van der Waals surface area contributed by atoms with Gasteiger partial charge in [0, 0.05) is 11.6 Å². The highest BCUT2D eigenvalue weighted by molar-refractivity contribution is 5.92. The Labute approximate surface area is 137 Å². The van der Waals surface area contributed by atoms with Crippen molar-refractivity contribution in [2.24, 2.45) is 0 Å². The molecule has 0 aromatic heterocycles. The fraction of sp³-hybridized carbons (Fsp3) is 0.529. The Bertz CT molecular complexity index is 527. The van der Waals surface area contributed by atoms with Crippen LogP contribution in [0.15, 0.2) is 12.1 Å². The molecule has 6 heteroatoms. The average molecular weight is 323 g/mol. The number of methoxy groups -OCH3 is 2. The van der Waals surface area contributed by atoms with Gasteiger partial charge in [-0.05, 0) is 31.9 Å². The zero-order chi connectivity index (χ0) is 17.4. The molecule has 0 saturated heterocycles. The summed E-state index contributed by atoms with van der Waals surface area (Å²) in [6, 6.07) is 3.23. The molecule has 0 aliphatic heterocycles. The monoisotopic (exact) mass is 323 g/mol. The van der Waals surface area contributed by atoms with Gasteiger partial charge in [0.05, 0.1) is 19.8 Å². The van der Waals surface area contributed by atoms with Crippen LogP contribution in [0.5, 0.6) is 11.5 Å². The molecule has 0 aliphatic rings. The second-order valence-corrected chi connectivity index (χ2v) is 5.16. The number of hydrogen-bond donors (Lipinski definition) is 1. The van der Waals surface area contributed by atoms with E-state index in [9.17, 15) is 9.59 Å². The maximum absolute atomic E-state index is 12.1. The Hall–Kier alpha value is -2.24. The summed E-state index contributed by atoms with van der Waals surface area (Å²) in [5.41, 5.74) is 1.07. The predicted octanol–water partition coefficient (Wildman–Crippen LogP) is 2.47. The van der Waals surface area contributed by atoms with Gasteiger partial charge in [-0.3, -0.25) is 4.79 Å². The first-order valence-electron chi connectivity index (χ1n) is 7.65. The van der Waals surface area contributed by atoms with Gasteiger partial charge in [-0.2, -0.15) is 0 Å². The first kappa shape index (κ1) is 18.8. The van der Waals surface area contributed by atoms with Gasteiger partial charge < -0.3 is 19.5 Å².